The third kappa shape index (κ3) is 4.04. The topological polar surface area (TPSA) is 38.8 Å². The number of carbonyl (C=O) groups excluding carboxylic acids is 1. The molecule has 2 aromatic carbocycles. The van der Waals surface area contributed by atoms with Crippen molar-refractivity contribution in [2.24, 2.45) is 5.92 Å². The first-order chi connectivity index (χ1) is 14.3. The summed E-state index contributed by atoms with van der Waals surface area (Å²) in [4.78, 5) is 14.2. The van der Waals surface area contributed by atoms with Gasteiger partial charge in [-0.2, -0.15) is 0 Å². The van der Waals surface area contributed by atoms with Crippen LogP contribution in [0.3, 0.4) is 0 Å². The molecule has 4 heteroatoms. The quantitative estimate of drug-likeness (QED) is 0.712. The van der Waals surface area contributed by atoms with Crippen LogP contribution in [0.4, 0.5) is 0 Å². The second-order valence-electron chi connectivity index (χ2n) is 8.68. The molecule has 0 N–H and O–H groups in total. The second-order valence-corrected chi connectivity index (χ2v) is 8.68. The van der Waals surface area contributed by atoms with Crippen LogP contribution >= 0.6 is 0 Å². The molecule has 2 aliphatic heterocycles. The minimum Gasteiger partial charge on any atom is -0.484 e. The van der Waals surface area contributed by atoms with Gasteiger partial charge in [0.1, 0.15) is 11.9 Å². The lowest BCUT2D eigenvalue weighted by atomic mass is 9.92. The molecular weight excluding hydrogens is 362 g/mol. The maximum atomic E-state index is 11.6. The number of nitrogens with zero attached hydrogens (tertiary/aromatic N) is 1. The number of esters is 1. The molecule has 0 bridgehead atoms. The van der Waals surface area contributed by atoms with Crippen LogP contribution in [-0.2, 0) is 22.4 Å². The highest BCUT2D eigenvalue weighted by atomic mass is 16.5. The third-order valence-corrected chi connectivity index (χ3v) is 6.68. The van der Waals surface area contributed by atoms with Crippen molar-refractivity contribution in [3.63, 3.8) is 0 Å². The predicted octanol–water partition coefficient (Wildman–Crippen LogP) is 4.32. The fourth-order valence-electron chi connectivity index (χ4n) is 5.21. The monoisotopic (exact) mass is 391 g/mol. The average molecular weight is 392 g/mol. The van der Waals surface area contributed by atoms with Crippen molar-refractivity contribution < 1.29 is 14.3 Å². The zero-order chi connectivity index (χ0) is 19.6. The van der Waals surface area contributed by atoms with Crippen molar-refractivity contribution in [2.75, 3.05) is 19.7 Å². The highest BCUT2D eigenvalue weighted by Crippen LogP contribution is 2.39. The molecule has 2 saturated heterocycles. The number of carbonyl (C=O) groups is 1. The Bertz CT molecular complexity index is 874. The molecule has 1 unspecified atom stereocenters. The maximum Gasteiger partial charge on any atom is 0.306 e. The van der Waals surface area contributed by atoms with Gasteiger partial charge in [-0.05, 0) is 79.9 Å². The van der Waals surface area contributed by atoms with E-state index in [1.54, 1.807) is 0 Å². The van der Waals surface area contributed by atoms with Crippen LogP contribution < -0.4 is 4.74 Å². The Labute approximate surface area is 172 Å². The first kappa shape index (κ1) is 18.7. The van der Waals surface area contributed by atoms with Gasteiger partial charge in [0.05, 0.1) is 12.6 Å². The first-order valence-electron chi connectivity index (χ1n) is 11.0. The van der Waals surface area contributed by atoms with Crippen LogP contribution in [0.1, 0.15) is 48.5 Å². The summed E-state index contributed by atoms with van der Waals surface area (Å²) < 4.78 is 11.7. The summed E-state index contributed by atoms with van der Waals surface area (Å²) in [6, 6.07) is 17.6. The van der Waals surface area contributed by atoms with Crippen molar-refractivity contribution in [3.05, 3.63) is 65.2 Å². The molecule has 2 fully saturated rings. The largest absolute Gasteiger partial charge is 0.484 e. The molecule has 29 heavy (non-hydrogen) atoms. The summed E-state index contributed by atoms with van der Waals surface area (Å²) in [5.74, 6) is 1.24. The van der Waals surface area contributed by atoms with Crippen LogP contribution in [0.5, 0.6) is 5.75 Å². The number of cyclic esters (lactones) is 1. The lowest BCUT2D eigenvalue weighted by Gasteiger charge is -2.30. The van der Waals surface area contributed by atoms with Gasteiger partial charge >= 0.3 is 5.97 Å². The fraction of sp³-hybridized carbons (Fsp3) is 0.480. The Hall–Kier alpha value is -2.33. The SMILES string of the molecule is O=C1CC(Cc2cccc(O[C@H]3c4ccccc4C[C@@H]3N3CCCC3)c2)CCO1. The van der Waals surface area contributed by atoms with E-state index in [-0.39, 0.29) is 12.1 Å². The van der Waals surface area contributed by atoms with Crippen LogP contribution in [0.15, 0.2) is 48.5 Å². The van der Waals surface area contributed by atoms with Gasteiger partial charge in [-0.3, -0.25) is 9.69 Å². The Morgan fingerprint density at radius 1 is 1.03 bits per heavy atom. The predicted molar refractivity (Wildman–Crippen MR) is 112 cm³/mol. The Morgan fingerprint density at radius 3 is 2.76 bits per heavy atom. The molecule has 3 aliphatic rings. The molecule has 3 atom stereocenters. The highest BCUT2D eigenvalue weighted by molar-refractivity contribution is 5.70. The minimum atomic E-state index is -0.0651. The standard InChI is InChI=1S/C25H29NO3/c27-24-16-19(10-13-28-24)14-18-6-5-8-21(15-18)29-25-22-9-2-1-7-20(22)17-23(25)26-11-3-4-12-26/h1-2,5-9,15,19,23,25H,3-4,10-14,16-17H2/t19?,23-,25-/m0/s1. The summed E-state index contributed by atoms with van der Waals surface area (Å²) in [7, 11) is 0. The molecule has 1 aliphatic carbocycles. The first-order valence-corrected chi connectivity index (χ1v) is 11.0. The van der Waals surface area contributed by atoms with E-state index in [2.05, 4.69) is 53.4 Å². The number of rotatable bonds is 5. The van der Waals surface area contributed by atoms with Gasteiger partial charge in [-0.25, -0.2) is 0 Å². The second kappa shape index (κ2) is 8.19. The van der Waals surface area contributed by atoms with E-state index in [1.807, 2.05) is 0 Å². The van der Waals surface area contributed by atoms with Gasteiger partial charge in [0, 0.05) is 6.42 Å². The highest BCUT2D eigenvalue weighted by Gasteiger charge is 2.38. The lowest BCUT2D eigenvalue weighted by Crippen LogP contribution is -2.38. The normalized spacial score (nSPS) is 26.9. The number of benzene rings is 2. The van der Waals surface area contributed by atoms with Crippen molar-refractivity contribution in [1.29, 1.82) is 0 Å². The smallest absolute Gasteiger partial charge is 0.306 e. The number of hydrogen-bond donors (Lipinski definition) is 0. The van der Waals surface area contributed by atoms with E-state index in [0.29, 0.717) is 25.0 Å². The van der Waals surface area contributed by atoms with Crippen LogP contribution in [0.2, 0.25) is 0 Å². The molecule has 4 nitrogen and oxygen atoms in total. The number of ether oxygens (including phenoxy) is 2. The Balaban J connectivity index is 1.34. The fourth-order valence-corrected chi connectivity index (χ4v) is 5.21. The van der Waals surface area contributed by atoms with Crippen LogP contribution in [-0.4, -0.2) is 36.6 Å². The summed E-state index contributed by atoms with van der Waals surface area (Å²) in [6.07, 6.45) is 6.12. The zero-order valence-electron chi connectivity index (χ0n) is 16.9. The minimum absolute atomic E-state index is 0.0651. The molecule has 0 saturated carbocycles. The Morgan fingerprint density at radius 2 is 1.90 bits per heavy atom. The van der Waals surface area contributed by atoms with Crippen LogP contribution in [0.25, 0.3) is 0 Å². The number of fused-ring (bicyclic) bond motifs is 1. The molecule has 152 valence electrons. The van der Waals surface area contributed by atoms with Gasteiger partial charge in [0.15, 0.2) is 0 Å². The van der Waals surface area contributed by atoms with Crippen molar-refractivity contribution in [1.82, 2.24) is 4.90 Å². The summed E-state index contributed by atoms with van der Waals surface area (Å²) in [5, 5.41) is 0. The van der Waals surface area contributed by atoms with Gasteiger partial charge in [-0.15, -0.1) is 0 Å². The van der Waals surface area contributed by atoms with E-state index in [0.717, 1.165) is 25.0 Å². The molecule has 0 aromatic heterocycles. The number of likely N-dealkylation sites (tertiary alicyclic amines) is 1. The molecule has 2 aromatic rings. The number of hydrogen-bond acceptors (Lipinski definition) is 4. The van der Waals surface area contributed by atoms with Crippen molar-refractivity contribution in [3.8, 4) is 5.75 Å². The van der Waals surface area contributed by atoms with E-state index < -0.39 is 0 Å². The van der Waals surface area contributed by atoms with Crippen molar-refractivity contribution in [2.45, 2.75) is 50.7 Å². The summed E-state index contributed by atoms with van der Waals surface area (Å²) in [6.45, 7) is 2.91. The molecule has 0 amide bonds. The molecule has 5 rings (SSSR count). The third-order valence-electron chi connectivity index (χ3n) is 6.68. The lowest BCUT2D eigenvalue weighted by molar-refractivity contribution is -0.149. The van der Waals surface area contributed by atoms with E-state index in [4.69, 9.17) is 9.47 Å². The molecular formula is C25H29NO3. The van der Waals surface area contributed by atoms with E-state index >= 15 is 0 Å². The summed E-state index contributed by atoms with van der Waals surface area (Å²) >= 11 is 0. The Kier molecular flexibility index (Phi) is 5.28. The van der Waals surface area contributed by atoms with Crippen LogP contribution in [0, 0.1) is 5.92 Å². The van der Waals surface area contributed by atoms with E-state index in [9.17, 15) is 4.79 Å². The van der Waals surface area contributed by atoms with Gasteiger partial charge < -0.3 is 9.47 Å². The van der Waals surface area contributed by atoms with Gasteiger partial charge in [-0.1, -0.05) is 36.4 Å². The van der Waals surface area contributed by atoms with E-state index in [1.165, 1.54) is 42.6 Å². The molecule has 2 heterocycles. The van der Waals surface area contributed by atoms with Gasteiger partial charge in [0.25, 0.3) is 0 Å². The molecule has 0 spiro atoms. The average Bonchev–Trinajstić information content (AvgIpc) is 3.37. The summed E-state index contributed by atoms with van der Waals surface area (Å²) in [5.41, 5.74) is 4.00. The zero-order valence-corrected chi connectivity index (χ0v) is 16.9. The maximum absolute atomic E-state index is 11.6. The van der Waals surface area contributed by atoms with Crippen molar-refractivity contribution >= 4 is 5.97 Å². The van der Waals surface area contributed by atoms with Gasteiger partial charge in [0.2, 0.25) is 0 Å². The molecule has 0 radical (unpaired) electrons.